The molecule has 2 aromatic rings. The summed E-state index contributed by atoms with van der Waals surface area (Å²) >= 11 is 0. The lowest BCUT2D eigenvalue weighted by molar-refractivity contribution is 0.319. The van der Waals surface area contributed by atoms with Crippen LogP contribution >= 0.6 is 0 Å². The summed E-state index contributed by atoms with van der Waals surface area (Å²) in [5.41, 5.74) is 2.49. The van der Waals surface area contributed by atoms with Crippen LogP contribution in [0.15, 0.2) is 28.1 Å². The Kier molecular flexibility index (Phi) is 1.85. The molecule has 5 heteroatoms. The van der Waals surface area contributed by atoms with E-state index < -0.39 is 0 Å². The molecule has 0 bridgehead atoms. The van der Waals surface area contributed by atoms with Crippen LogP contribution < -0.4 is 5.69 Å². The largest absolute Gasteiger partial charge is 0.411 e. The Morgan fingerprint density at radius 1 is 1.36 bits per heavy atom. The molecule has 2 rings (SSSR count). The van der Waals surface area contributed by atoms with Gasteiger partial charge in [-0.05, 0) is 19.1 Å². The fourth-order valence-electron chi connectivity index (χ4n) is 1.32. The van der Waals surface area contributed by atoms with Crippen molar-refractivity contribution in [2.24, 2.45) is 5.16 Å². The zero-order chi connectivity index (χ0) is 10.1. The lowest BCUT2D eigenvalue weighted by Gasteiger charge is -1.97. The molecule has 3 N–H and O–H groups in total. The second-order valence-corrected chi connectivity index (χ2v) is 3.02. The molecule has 72 valence electrons. The monoisotopic (exact) mass is 191 g/mol. The molecule has 1 aromatic carbocycles. The lowest BCUT2D eigenvalue weighted by atomic mass is 10.1. The second-order valence-electron chi connectivity index (χ2n) is 3.02. The van der Waals surface area contributed by atoms with Crippen molar-refractivity contribution >= 4 is 16.7 Å². The molecule has 14 heavy (non-hydrogen) atoms. The molecular weight excluding hydrogens is 182 g/mol. The summed E-state index contributed by atoms with van der Waals surface area (Å²) in [5.74, 6) is 0. The minimum absolute atomic E-state index is 0.240. The van der Waals surface area contributed by atoms with E-state index in [-0.39, 0.29) is 5.69 Å². The number of imidazole rings is 1. The van der Waals surface area contributed by atoms with Gasteiger partial charge in [-0.1, -0.05) is 11.2 Å². The number of benzene rings is 1. The van der Waals surface area contributed by atoms with Crippen molar-refractivity contribution in [2.75, 3.05) is 0 Å². The zero-order valence-electron chi connectivity index (χ0n) is 7.53. The molecule has 0 atom stereocenters. The number of H-pyrrole nitrogens is 2. The average molecular weight is 191 g/mol. The van der Waals surface area contributed by atoms with Gasteiger partial charge < -0.3 is 15.2 Å². The smallest absolute Gasteiger partial charge is 0.323 e. The molecule has 0 aliphatic carbocycles. The quantitative estimate of drug-likeness (QED) is 0.358. The van der Waals surface area contributed by atoms with E-state index in [4.69, 9.17) is 5.21 Å². The van der Waals surface area contributed by atoms with Gasteiger partial charge >= 0.3 is 5.69 Å². The normalized spacial score (nSPS) is 12.2. The number of nitrogens with one attached hydrogen (secondary N) is 2. The highest BCUT2D eigenvalue weighted by Gasteiger charge is 2.01. The Morgan fingerprint density at radius 2 is 2.07 bits per heavy atom. The highest BCUT2D eigenvalue weighted by molar-refractivity contribution is 6.00. The predicted molar refractivity (Wildman–Crippen MR) is 52.9 cm³/mol. The molecule has 0 spiro atoms. The Balaban J connectivity index is 2.67. The number of fused-ring (bicyclic) bond motifs is 1. The van der Waals surface area contributed by atoms with Crippen molar-refractivity contribution in [1.29, 1.82) is 0 Å². The molecule has 0 amide bonds. The van der Waals surface area contributed by atoms with Crippen molar-refractivity contribution in [3.8, 4) is 0 Å². The summed E-state index contributed by atoms with van der Waals surface area (Å²) in [6.07, 6.45) is 0. The molecule has 0 unspecified atom stereocenters. The van der Waals surface area contributed by atoms with E-state index in [2.05, 4.69) is 15.1 Å². The fourth-order valence-corrected chi connectivity index (χ4v) is 1.32. The molecule has 0 fully saturated rings. The number of oxime groups is 1. The zero-order valence-corrected chi connectivity index (χ0v) is 7.53. The first kappa shape index (κ1) is 8.55. The van der Waals surface area contributed by atoms with Gasteiger partial charge in [0.05, 0.1) is 16.7 Å². The summed E-state index contributed by atoms with van der Waals surface area (Å²) < 4.78 is 0. The Labute approximate surface area is 79.1 Å². The van der Waals surface area contributed by atoms with Crippen molar-refractivity contribution in [2.45, 2.75) is 6.92 Å². The SMILES string of the molecule is CC(=NO)c1ccc2[nH]c(=O)[nH]c2c1. The van der Waals surface area contributed by atoms with Crippen LogP contribution in [0.4, 0.5) is 0 Å². The molecule has 0 aliphatic heterocycles. The van der Waals surface area contributed by atoms with Crippen LogP contribution in [0.2, 0.25) is 0 Å². The summed E-state index contributed by atoms with van der Waals surface area (Å²) in [6, 6.07) is 5.29. The van der Waals surface area contributed by atoms with Gasteiger partial charge in [-0.2, -0.15) is 0 Å². The average Bonchev–Trinajstić information content (AvgIpc) is 2.55. The number of rotatable bonds is 1. The van der Waals surface area contributed by atoms with E-state index in [0.717, 1.165) is 11.1 Å². The maximum absolute atomic E-state index is 10.9. The lowest BCUT2D eigenvalue weighted by Crippen LogP contribution is -1.99. The fraction of sp³-hybridized carbons (Fsp3) is 0.111. The van der Waals surface area contributed by atoms with Gasteiger partial charge in [0, 0.05) is 5.56 Å². The van der Waals surface area contributed by atoms with Crippen LogP contribution in [-0.4, -0.2) is 20.9 Å². The maximum atomic E-state index is 10.9. The molecule has 5 nitrogen and oxygen atoms in total. The third-order valence-electron chi connectivity index (χ3n) is 2.08. The van der Waals surface area contributed by atoms with Crippen LogP contribution in [-0.2, 0) is 0 Å². The number of nitrogens with zero attached hydrogens (tertiary/aromatic N) is 1. The topological polar surface area (TPSA) is 81.2 Å². The molecule has 1 heterocycles. The Hall–Kier alpha value is -2.04. The van der Waals surface area contributed by atoms with Gasteiger partial charge in [0.1, 0.15) is 0 Å². The van der Waals surface area contributed by atoms with Crippen LogP contribution in [0.25, 0.3) is 11.0 Å². The van der Waals surface area contributed by atoms with Gasteiger partial charge in [0.15, 0.2) is 0 Å². The highest BCUT2D eigenvalue weighted by Crippen LogP contribution is 2.10. The number of aromatic amines is 2. The van der Waals surface area contributed by atoms with Crippen LogP contribution in [0.5, 0.6) is 0 Å². The van der Waals surface area contributed by atoms with E-state index in [0.29, 0.717) is 11.2 Å². The molecule has 0 saturated carbocycles. The van der Waals surface area contributed by atoms with Crippen molar-refractivity contribution in [3.63, 3.8) is 0 Å². The summed E-state index contributed by atoms with van der Waals surface area (Å²) in [7, 11) is 0. The minimum Gasteiger partial charge on any atom is -0.411 e. The van der Waals surface area contributed by atoms with E-state index >= 15 is 0 Å². The van der Waals surface area contributed by atoms with Crippen LogP contribution in [0.3, 0.4) is 0 Å². The second kappa shape index (κ2) is 3.02. The van der Waals surface area contributed by atoms with Crippen LogP contribution in [0.1, 0.15) is 12.5 Å². The molecular formula is C9H9N3O2. The van der Waals surface area contributed by atoms with Crippen molar-refractivity contribution in [1.82, 2.24) is 9.97 Å². The van der Waals surface area contributed by atoms with Crippen molar-refractivity contribution < 1.29 is 5.21 Å². The summed E-state index contributed by atoms with van der Waals surface area (Å²) in [5, 5.41) is 11.7. The third kappa shape index (κ3) is 1.28. The van der Waals surface area contributed by atoms with Crippen molar-refractivity contribution in [3.05, 3.63) is 34.2 Å². The van der Waals surface area contributed by atoms with E-state index in [1.807, 2.05) is 0 Å². The van der Waals surface area contributed by atoms with Gasteiger partial charge in [0.25, 0.3) is 0 Å². The number of hydrogen-bond acceptors (Lipinski definition) is 3. The Bertz CT molecular complexity index is 550. The predicted octanol–water partition coefficient (Wildman–Crippen LogP) is 1.05. The van der Waals surface area contributed by atoms with E-state index in [1.165, 1.54) is 0 Å². The highest BCUT2D eigenvalue weighted by atomic mass is 16.4. The van der Waals surface area contributed by atoms with E-state index in [9.17, 15) is 4.79 Å². The molecule has 1 aromatic heterocycles. The van der Waals surface area contributed by atoms with Gasteiger partial charge in [-0.3, -0.25) is 0 Å². The minimum atomic E-state index is -0.240. The first-order valence-electron chi connectivity index (χ1n) is 4.12. The first-order chi connectivity index (χ1) is 6.70. The summed E-state index contributed by atoms with van der Waals surface area (Å²) in [4.78, 5) is 16.2. The summed E-state index contributed by atoms with van der Waals surface area (Å²) in [6.45, 7) is 1.69. The molecule has 0 radical (unpaired) electrons. The maximum Gasteiger partial charge on any atom is 0.323 e. The molecule has 0 saturated heterocycles. The van der Waals surface area contributed by atoms with Gasteiger partial charge in [0.2, 0.25) is 0 Å². The van der Waals surface area contributed by atoms with Gasteiger partial charge in [-0.25, -0.2) is 4.79 Å². The molecule has 0 aliphatic rings. The third-order valence-corrected chi connectivity index (χ3v) is 2.08. The van der Waals surface area contributed by atoms with E-state index in [1.54, 1.807) is 25.1 Å². The standard InChI is InChI=1S/C9H9N3O2/c1-5(12-14)6-2-3-7-8(4-6)11-9(13)10-7/h2-4,14H,1H3,(H2,10,11,13). The van der Waals surface area contributed by atoms with Gasteiger partial charge in [-0.15, -0.1) is 0 Å². The van der Waals surface area contributed by atoms with Crippen LogP contribution in [0, 0.1) is 0 Å². The number of aromatic nitrogens is 2. The first-order valence-corrected chi connectivity index (χ1v) is 4.12. The number of hydrogen-bond donors (Lipinski definition) is 3. The Morgan fingerprint density at radius 3 is 2.79 bits per heavy atom.